The normalized spacial score (nSPS) is 23.2. The lowest BCUT2D eigenvalue weighted by Gasteiger charge is -2.46. The Morgan fingerprint density at radius 2 is 1.84 bits per heavy atom. The van der Waals surface area contributed by atoms with Gasteiger partial charge in [0.05, 0.1) is 22.5 Å². The summed E-state index contributed by atoms with van der Waals surface area (Å²) in [5.74, 6) is 0.809. The molecular formula is C32H36N6. The minimum Gasteiger partial charge on any atom is -0.364 e. The van der Waals surface area contributed by atoms with Crippen molar-refractivity contribution < 1.29 is 0 Å². The number of hydrogen-bond acceptors (Lipinski definition) is 4. The maximum absolute atomic E-state index is 5.36. The molecule has 6 nitrogen and oxygen atoms in total. The first kappa shape index (κ1) is 23.4. The zero-order valence-electron chi connectivity index (χ0n) is 23.1. The van der Waals surface area contributed by atoms with Crippen molar-refractivity contribution in [2.24, 2.45) is 0 Å². The molecule has 2 unspecified atom stereocenters. The largest absolute Gasteiger partial charge is 0.364 e. The van der Waals surface area contributed by atoms with Gasteiger partial charge in [0, 0.05) is 60.3 Å². The summed E-state index contributed by atoms with van der Waals surface area (Å²) < 4.78 is 2.31. The third-order valence-electron chi connectivity index (χ3n) is 9.49. The molecule has 2 aliphatic heterocycles. The minimum atomic E-state index is -0.306. The van der Waals surface area contributed by atoms with Crippen molar-refractivity contribution in [2.45, 2.75) is 77.7 Å². The van der Waals surface area contributed by atoms with Gasteiger partial charge in [-0.05, 0) is 54.5 Å². The summed E-state index contributed by atoms with van der Waals surface area (Å²) in [6.07, 6.45) is 12.5. The van der Waals surface area contributed by atoms with Gasteiger partial charge >= 0.3 is 0 Å². The zero-order valence-corrected chi connectivity index (χ0v) is 23.1. The number of para-hydroxylation sites is 1. The van der Waals surface area contributed by atoms with Crippen LogP contribution in [0.3, 0.4) is 0 Å². The quantitative estimate of drug-likeness (QED) is 0.367. The second kappa shape index (κ2) is 8.16. The Kier molecular flexibility index (Phi) is 5.04. The van der Waals surface area contributed by atoms with Gasteiger partial charge in [-0.15, -0.1) is 0 Å². The minimum absolute atomic E-state index is 0.0453. The summed E-state index contributed by atoms with van der Waals surface area (Å²) in [7, 11) is 0. The van der Waals surface area contributed by atoms with E-state index in [0.29, 0.717) is 0 Å². The number of hydrogen-bond donors (Lipinski definition) is 1. The number of allylic oxidation sites excluding steroid dienone is 2. The van der Waals surface area contributed by atoms with Crippen LogP contribution in [0.25, 0.3) is 11.3 Å². The molecule has 0 fully saturated rings. The Morgan fingerprint density at radius 3 is 2.58 bits per heavy atom. The number of nitrogens with one attached hydrogen (secondary N) is 1. The molecule has 3 aliphatic rings. The van der Waals surface area contributed by atoms with Crippen LogP contribution < -0.4 is 4.90 Å². The molecule has 5 heterocycles. The highest BCUT2D eigenvalue weighted by atomic mass is 15.3. The highest BCUT2D eigenvalue weighted by Gasteiger charge is 2.51. The smallest absolute Gasteiger partial charge is 0.225 e. The second-order valence-electron chi connectivity index (χ2n) is 11.5. The van der Waals surface area contributed by atoms with Gasteiger partial charge in [-0.25, -0.2) is 14.6 Å². The molecule has 1 N–H and O–H groups in total. The van der Waals surface area contributed by atoms with Gasteiger partial charge in [0.25, 0.3) is 0 Å². The number of rotatable bonds is 4. The second-order valence-corrected chi connectivity index (χ2v) is 11.5. The fraction of sp³-hybridized carbons (Fsp3) is 0.406. The molecule has 3 aromatic heterocycles. The van der Waals surface area contributed by atoms with Crippen molar-refractivity contribution in [3.63, 3.8) is 0 Å². The van der Waals surface area contributed by atoms with Crippen LogP contribution >= 0.6 is 0 Å². The molecular weight excluding hydrogens is 468 g/mol. The van der Waals surface area contributed by atoms with Crippen molar-refractivity contribution in [2.75, 3.05) is 11.4 Å². The number of anilines is 1. The summed E-state index contributed by atoms with van der Waals surface area (Å²) in [6.45, 7) is 13.1. The molecule has 0 spiro atoms. The maximum Gasteiger partial charge on any atom is 0.225 e. The van der Waals surface area contributed by atoms with Gasteiger partial charge in [0.2, 0.25) is 5.95 Å². The number of aromatic amines is 1. The Bertz CT molecular complexity index is 1590. The lowest BCUT2D eigenvalue weighted by Crippen LogP contribution is -2.42. The van der Waals surface area contributed by atoms with Crippen molar-refractivity contribution in [1.82, 2.24) is 24.7 Å². The molecule has 2 atom stereocenters. The Hall–Kier alpha value is -3.67. The number of fused-ring (bicyclic) bond motifs is 10. The lowest BCUT2D eigenvalue weighted by molar-refractivity contribution is 0.508. The highest BCUT2D eigenvalue weighted by molar-refractivity contribution is 5.89. The molecule has 1 aliphatic carbocycles. The van der Waals surface area contributed by atoms with E-state index >= 15 is 0 Å². The van der Waals surface area contributed by atoms with E-state index in [2.05, 4.69) is 85.7 Å². The Balaban J connectivity index is 1.49. The molecule has 0 bridgehead atoms. The summed E-state index contributed by atoms with van der Waals surface area (Å²) in [5.41, 5.74) is 12.7. The topological polar surface area (TPSA) is 62.6 Å². The van der Waals surface area contributed by atoms with Crippen LogP contribution in [0.1, 0.15) is 85.9 Å². The number of benzene rings is 1. The van der Waals surface area contributed by atoms with E-state index in [-0.39, 0.29) is 10.8 Å². The van der Waals surface area contributed by atoms with Gasteiger partial charge in [-0.1, -0.05) is 52.0 Å². The summed E-state index contributed by atoms with van der Waals surface area (Å²) in [5, 5.41) is 5.36. The van der Waals surface area contributed by atoms with E-state index < -0.39 is 0 Å². The Labute approximate surface area is 224 Å². The van der Waals surface area contributed by atoms with Gasteiger partial charge < -0.3 is 9.88 Å². The third kappa shape index (κ3) is 2.97. The first-order valence-corrected chi connectivity index (χ1v) is 14.1. The molecule has 38 heavy (non-hydrogen) atoms. The van der Waals surface area contributed by atoms with Crippen LogP contribution in [0.4, 0.5) is 5.95 Å². The predicted molar refractivity (Wildman–Crippen MR) is 152 cm³/mol. The molecule has 0 saturated heterocycles. The van der Waals surface area contributed by atoms with E-state index in [1.165, 1.54) is 56.2 Å². The molecule has 4 aromatic rings. The summed E-state index contributed by atoms with van der Waals surface area (Å²) >= 11 is 0. The molecule has 7 rings (SSSR count). The van der Waals surface area contributed by atoms with Gasteiger partial charge in [-0.2, -0.15) is 5.10 Å². The summed E-state index contributed by atoms with van der Waals surface area (Å²) in [4.78, 5) is 15.4. The van der Waals surface area contributed by atoms with Gasteiger partial charge in [0.1, 0.15) is 0 Å². The summed E-state index contributed by atoms with van der Waals surface area (Å²) in [6, 6.07) is 9.11. The maximum atomic E-state index is 5.36. The first-order chi connectivity index (χ1) is 18.4. The average Bonchev–Trinajstić information content (AvgIpc) is 3.61. The van der Waals surface area contributed by atoms with Crippen LogP contribution in [0.15, 0.2) is 48.9 Å². The zero-order chi connectivity index (χ0) is 26.2. The van der Waals surface area contributed by atoms with E-state index in [1.54, 1.807) is 0 Å². The van der Waals surface area contributed by atoms with Crippen molar-refractivity contribution in [3.8, 4) is 5.69 Å². The number of nitrogens with zero attached hydrogens (tertiary/aromatic N) is 5. The standard InChI is InChI=1S/C32H36N6/c1-6-20-17-34-30(35-18-20)37-15-13-26-23(19-37)29-32(5)24-12-14-33-28(24)31(4,8-3)16-25(32)22-11-9-10-21(7-2)27(22)38(29)36-26/h9-12,14,16-18,33H,6-8,13,15,19H2,1-5H3. The number of aryl methyl sites for hydroxylation is 2. The average molecular weight is 505 g/mol. The molecule has 0 amide bonds. The monoisotopic (exact) mass is 504 g/mol. The van der Waals surface area contributed by atoms with Crippen molar-refractivity contribution >= 4 is 11.5 Å². The van der Waals surface area contributed by atoms with E-state index in [9.17, 15) is 0 Å². The van der Waals surface area contributed by atoms with Crippen LogP contribution in [0.5, 0.6) is 0 Å². The van der Waals surface area contributed by atoms with Crippen LogP contribution in [-0.2, 0) is 36.6 Å². The van der Waals surface area contributed by atoms with Crippen LogP contribution in [0.2, 0.25) is 0 Å². The molecule has 1 aromatic carbocycles. The van der Waals surface area contributed by atoms with Gasteiger partial charge in [0.15, 0.2) is 0 Å². The number of aromatic nitrogens is 5. The highest BCUT2D eigenvalue weighted by Crippen LogP contribution is 2.58. The molecule has 0 saturated carbocycles. The first-order valence-electron chi connectivity index (χ1n) is 14.1. The van der Waals surface area contributed by atoms with Gasteiger partial charge in [-0.3, -0.25) is 0 Å². The molecule has 6 heteroatoms. The number of H-pyrrole nitrogens is 1. The fourth-order valence-electron chi connectivity index (χ4n) is 7.08. The third-order valence-corrected chi connectivity index (χ3v) is 9.49. The van der Waals surface area contributed by atoms with Crippen LogP contribution in [-0.4, -0.2) is 31.3 Å². The molecule has 194 valence electrons. The SMILES string of the molecule is CCc1cnc(N2CCc3nn4c(c3C2)C2(C)C(=CC(C)(CC)c3[nH]ccc32)c2cccc(CC)c2-4)nc1. The predicted octanol–water partition coefficient (Wildman–Crippen LogP) is 6.06. The fourth-order valence-corrected chi connectivity index (χ4v) is 7.08. The lowest BCUT2D eigenvalue weighted by atomic mass is 9.59. The van der Waals surface area contributed by atoms with Crippen molar-refractivity contribution in [3.05, 3.63) is 93.8 Å². The Morgan fingerprint density at radius 1 is 1.03 bits per heavy atom. The van der Waals surface area contributed by atoms with Crippen LogP contribution in [0, 0.1) is 0 Å². The molecule has 0 radical (unpaired) electrons. The van der Waals surface area contributed by atoms with E-state index in [0.717, 1.165) is 44.7 Å². The van der Waals surface area contributed by atoms with Crippen molar-refractivity contribution in [1.29, 1.82) is 0 Å². The van der Waals surface area contributed by atoms with E-state index in [1.807, 2.05) is 12.4 Å². The van der Waals surface area contributed by atoms with E-state index in [4.69, 9.17) is 15.1 Å².